The highest BCUT2D eigenvalue weighted by atomic mass is 16.3. The largest absolute Gasteiger partial charge is 0.393 e. The zero-order valence-electron chi connectivity index (χ0n) is 25.8. The van der Waals surface area contributed by atoms with Gasteiger partial charge in [0.25, 0.3) is 0 Å². The molecule has 0 spiro atoms. The van der Waals surface area contributed by atoms with Crippen molar-refractivity contribution in [2.75, 3.05) is 26.2 Å². The molecule has 4 aliphatic carbocycles. The molecule has 0 heterocycles. The van der Waals surface area contributed by atoms with Gasteiger partial charge in [0.15, 0.2) is 5.78 Å². The van der Waals surface area contributed by atoms with E-state index in [-0.39, 0.29) is 11.9 Å². The summed E-state index contributed by atoms with van der Waals surface area (Å²) in [7, 11) is 0. The van der Waals surface area contributed by atoms with Crippen LogP contribution in [0, 0.1) is 46.3 Å². The Bertz CT molecular complexity index is 831. The van der Waals surface area contributed by atoms with Gasteiger partial charge in [0, 0.05) is 12.5 Å². The van der Waals surface area contributed by atoms with Crippen LogP contribution in [0.1, 0.15) is 111 Å². The zero-order chi connectivity index (χ0) is 28.2. The number of allylic oxidation sites excluding steroid dienone is 1. The van der Waals surface area contributed by atoms with Crippen LogP contribution < -0.4 is 16.4 Å². The summed E-state index contributed by atoms with van der Waals surface area (Å²) in [6, 6.07) is 0.608. The summed E-state index contributed by atoms with van der Waals surface area (Å²) in [5.41, 5.74) is 6.97. The maximum Gasteiger partial charge on any atom is 0.157 e. The second-order valence-corrected chi connectivity index (χ2v) is 14.8. The number of hydrogen-bond acceptors (Lipinski definition) is 5. The quantitative estimate of drug-likeness (QED) is 0.163. The van der Waals surface area contributed by atoms with Gasteiger partial charge in [-0.1, -0.05) is 27.4 Å². The summed E-state index contributed by atoms with van der Waals surface area (Å²) in [5.74, 6) is 3.88. The number of fused-ring (bicyclic) bond motifs is 5. The van der Waals surface area contributed by atoms with E-state index in [1.165, 1.54) is 57.8 Å². The van der Waals surface area contributed by atoms with Gasteiger partial charge in [-0.15, -0.1) is 0 Å². The molecular formula is C34H61N3O2. The van der Waals surface area contributed by atoms with Gasteiger partial charge >= 0.3 is 0 Å². The van der Waals surface area contributed by atoms with Crippen molar-refractivity contribution in [1.29, 1.82) is 0 Å². The van der Waals surface area contributed by atoms with Gasteiger partial charge < -0.3 is 21.5 Å². The maximum atomic E-state index is 12.2. The lowest BCUT2D eigenvalue weighted by atomic mass is 9.43. The second-order valence-electron chi connectivity index (χ2n) is 14.8. The minimum Gasteiger partial charge on any atom is -0.393 e. The molecule has 0 aliphatic heterocycles. The molecule has 4 rings (SSSR count). The van der Waals surface area contributed by atoms with E-state index in [1.54, 1.807) is 0 Å². The highest BCUT2D eigenvalue weighted by Crippen LogP contribution is 2.68. The summed E-state index contributed by atoms with van der Waals surface area (Å²) >= 11 is 0. The van der Waals surface area contributed by atoms with E-state index in [1.807, 2.05) is 6.92 Å². The topological polar surface area (TPSA) is 87.4 Å². The van der Waals surface area contributed by atoms with Crippen molar-refractivity contribution in [3.05, 3.63) is 12.2 Å². The molecule has 0 saturated heterocycles. The number of nitrogens with two attached hydrogens (primary N) is 1. The fourth-order valence-corrected chi connectivity index (χ4v) is 10.2. The fourth-order valence-electron chi connectivity index (χ4n) is 10.2. The monoisotopic (exact) mass is 543 g/mol. The molecule has 4 fully saturated rings. The standard InChI is InChI=1S/C34H61N3O2/c1-23(2)30(38)12-9-24(3)27-10-11-28-32-29(14-16-34(27,28)5)33(4)15-13-26(21-25(33)22-31(32)39)37-20-8-19-36-18-7-6-17-35/h24-29,31-32,36-37,39H,1,6-22,35H2,2-5H3/t24-,25?,26+,27-,28?,29?,31-,32?,33+,34-/m1/s1. The molecule has 5 N–H and O–H groups in total. The van der Waals surface area contributed by atoms with Gasteiger partial charge in [-0.2, -0.15) is 0 Å². The van der Waals surface area contributed by atoms with Gasteiger partial charge in [-0.25, -0.2) is 0 Å². The van der Waals surface area contributed by atoms with Crippen LogP contribution >= 0.6 is 0 Å². The number of rotatable bonds is 14. The predicted molar refractivity (Wildman–Crippen MR) is 162 cm³/mol. The number of ketones is 1. The number of unbranched alkanes of at least 4 members (excludes halogenated alkanes) is 1. The molecule has 5 heteroatoms. The Labute approximate surface area is 239 Å². The van der Waals surface area contributed by atoms with E-state index in [4.69, 9.17) is 5.73 Å². The molecule has 4 unspecified atom stereocenters. The lowest BCUT2D eigenvalue weighted by Crippen LogP contribution is -2.59. The summed E-state index contributed by atoms with van der Waals surface area (Å²) in [4.78, 5) is 12.2. The lowest BCUT2D eigenvalue weighted by molar-refractivity contribution is -0.167. The molecule has 4 saturated carbocycles. The second kappa shape index (κ2) is 13.5. The molecular weight excluding hydrogens is 482 g/mol. The van der Waals surface area contributed by atoms with Crippen molar-refractivity contribution in [1.82, 2.24) is 10.6 Å². The molecule has 0 aromatic heterocycles. The van der Waals surface area contributed by atoms with E-state index in [9.17, 15) is 9.90 Å². The SMILES string of the molecule is C=C(C)C(=O)CC[C@@H](C)[C@H]1CCC2C3C(CC[C@@]21C)[C@@]1(C)CC[C@H](NCCCNCCCCN)CC1C[C@H]3O. The maximum absolute atomic E-state index is 12.2. The third-order valence-electron chi connectivity index (χ3n) is 12.5. The van der Waals surface area contributed by atoms with E-state index < -0.39 is 0 Å². The van der Waals surface area contributed by atoms with Crippen molar-refractivity contribution >= 4 is 5.78 Å². The Balaban J connectivity index is 1.31. The van der Waals surface area contributed by atoms with Crippen molar-refractivity contribution in [2.45, 2.75) is 123 Å². The van der Waals surface area contributed by atoms with E-state index in [2.05, 4.69) is 38.0 Å². The first kappa shape index (κ1) is 31.2. The Morgan fingerprint density at radius 3 is 2.46 bits per heavy atom. The molecule has 39 heavy (non-hydrogen) atoms. The third-order valence-corrected chi connectivity index (χ3v) is 12.5. The minimum absolute atomic E-state index is 0.145. The zero-order valence-corrected chi connectivity index (χ0v) is 25.8. The molecule has 0 bridgehead atoms. The molecule has 0 aromatic carbocycles. The number of aliphatic hydroxyl groups is 1. The van der Waals surface area contributed by atoms with E-state index in [0.717, 1.165) is 45.4 Å². The summed E-state index contributed by atoms with van der Waals surface area (Å²) in [6.07, 6.45) is 14.9. The molecule has 5 nitrogen and oxygen atoms in total. The number of carbonyl (C=O) groups excluding carboxylic acids is 1. The number of hydrogen-bond donors (Lipinski definition) is 4. The van der Waals surface area contributed by atoms with Gasteiger partial charge in [0.2, 0.25) is 0 Å². The van der Waals surface area contributed by atoms with Crippen LogP contribution in [0.15, 0.2) is 12.2 Å². The number of carbonyl (C=O) groups is 1. The Kier molecular flexibility index (Phi) is 10.8. The van der Waals surface area contributed by atoms with Gasteiger partial charge in [0.05, 0.1) is 6.10 Å². The molecule has 0 aromatic rings. The number of nitrogens with one attached hydrogen (secondary N) is 2. The molecule has 4 aliphatic rings. The predicted octanol–water partition coefficient (Wildman–Crippen LogP) is 5.85. The summed E-state index contributed by atoms with van der Waals surface area (Å²) in [5, 5.41) is 19.1. The van der Waals surface area contributed by atoms with E-state index >= 15 is 0 Å². The molecule has 0 amide bonds. The third kappa shape index (κ3) is 6.68. The minimum atomic E-state index is -0.145. The summed E-state index contributed by atoms with van der Waals surface area (Å²) < 4.78 is 0. The highest BCUT2D eigenvalue weighted by Gasteiger charge is 2.62. The first-order chi connectivity index (χ1) is 18.6. The van der Waals surface area contributed by atoms with E-state index in [0.29, 0.717) is 64.4 Å². The van der Waals surface area contributed by atoms with Gasteiger partial charge in [-0.05, 0) is 162 Å². The Morgan fingerprint density at radius 1 is 1.00 bits per heavy atom. The average molecular weight is 544 g/mol. The average Bonchev–Trinajstić information content (AvgIpc) is 3.26. The van der Waals surface area contributed by atoms with Crippen LogP contribution in [0.2, 0.25) is 0 Å². The highest BCUT2D eigenvalue weighted by molar-refractivity contribution is 5.94. The normalized spacial score (nSPS) is 40.4. The first-order valence-electron chi connectivity index (χ1n) is 16.6. The van der Waals surface area contributed by atoms with Gasteiger partial charge in [0.1, 0.15) is 0 Å². The van der Waals surface area contributed by atoms with Crippen LogP contribution in [0.4, 0.5) is 0 Å². The number of Topliss-reactive ketones (excluding diaryl/α,β-unsaturated/α-hetero) is 1. The Morgan fingerprint density at radius 2 is 1.72 bits per heavy atom. The van der Waals surface area contributed by atoms with Crippen LogP contribution in [0.5, 0.6) is 0 Å². The number of aliphatic hydroxyl groups excluding tert-OH is 1. The fraction of sp³-hybridized carbons (Fsp3) is 0.912. The van der Waals surface area contributed by atoms with Crippen LogP contribution in [-0.2, 0) is 4.79 Å². The molecule has 0 radical (unpaired) electrons. The molecule has 224 valence electrons. The first-order valence-corrected chi connectivity index (χ1v) is 16.6. The lowest BCUT2D eigenvalue weighted by Gasteiger charge is -2.62. The van der Waals surface area contributed by atoms with Crippen molar-refractivity contribution in [2.24, 2.45) is 52.1 Å². The van der Waals surface area contributed by atoms with Crippen LogP contribution in [0.3, 0.4) is 0 Å². The van der Waals surface area contributed by atoms with Crippen LogP contribution in [-0.4, -0.2) is 49.2 Å². The van der Waals surface area contributed by atoms with Crippen LogP contribution in [0.25, 0.3) is 0 Å². The van der Waals surface area contributed by atoms with Crippen molar-refractivity contribution < 1.29 is 9.90 Å². The van der Waals surface area contributed by atoms with Crippen molar-refractivity contribution in [3.8, 4) is 0 Å². The summed E-state index contributed by atoms with van der Waals surface area (Å²) in [6.45, 7) is 17.3. The van der Waals surface area contributed by atoms with Crippen molar-refractivity contribution in [3.63, 3.8) is 0 Å². The smallest absolute Gasteiger partial charge is 0.157 e. The molecule has 10 atom stereocenters. The Hall–Kier alpha value is -0.750. The van der Waals surface area contributed by atoms with Gasteiger partial charge in [-0.3, -0.25) is 4.79 Å².